The molecule has 164 valence electrons. The number of halogens is 1. The van der Waals surface area contributed by atoms with Crippen molar-refractivity contribution in [3.63, 3.8) is 0 Å². The van der Waals surface area contributed by atoms with Gasteiger partial charge in [-0.05, 0) is 82.5 Å². The number of hydrazone groups is 1. The van der Waals surface area contributed by atoms with Crippen LogP contribution in [-0.4, -0.2) is 30.8 Å². The first-order chi connectivity index (χ1) is 14.6. The van der Waals surface area contributed by atoms with E-state index in [1.165, 1.54) is 11.8 Å². The van der Waals surface area contributed by atoms with Gasteiger partial charge in [0.25, 0.3) is 5.91 Å². The van der Waals surface area contributed by atoms with Crippen molar-refractivity contribution in [2.75, 3.05) is 23.3 Å². The molecule has 3 rings (SSSR count). The summed E-state index contributed by atoms with van der Waals surface area (Å²) in [4.78, 5) is 14.3. The Hall–Kier alpha value is -3.15. The summed E-state index contributed by atoms with van der Waals surface area (Å²) in [5, 5.41) is 7.02. The topological polar surface area (TPSA) is 56.7 Å². The summed E-state index contributed by atoms with van der Waals surface area (Å²) in [5.41, 5.74) is 8.79. The Morgan fingerprint density at radius 3 is 2.58 bits per heavy atom. The number of likely N-dealkylation sites (N-methyl/N-ethyl adjacent to an activating group) is 1. The van der Waals surface area contributed by atoms with Crippen LogP contribution in [0.1, 0.15) is 49.9 Å². The summed E-state index contributed by atoms with van der Waals surface area (Å²) in [6.45, 7) is 13.3. The number of nitrogens with one attached hydrogen (secondary N) is 2. The molecule has 1 aliphatic rings. The Morgan fingerprint density at radius 1 is 1.16 bits per heavy atom. The number of aryl methyl sites for hydroxylation is 2. The van der Waals surface area contributed by atoms with E-state index in [-0.39, 0.29) is 23.8 Å². The maximum Gasteiger partial charge on any atom is 0.259 e. The van der Waals surface area contributed by atoms with Crippen molar-refractivity contribution in [2.45, 2.75) is 47.1 Å². The molecule has 2 N–H and O–H groups in total. The second-order valence-corrected chi connectivity index (χ2v) is 8.56. The van der Waals surface area contributed by atoms with E-state index >= 15 is 0 Å². The lowest BCUT2D eigenvalue weighted by atomic mass is 9.88. The molecule has 6 heteroatoms. The van der Waals surface area contributed by atoms with Crippen molar-refractivity contribution >= 4 is 29.1 Å². The largest absolute Gasteiger partial charge is 0.376 e. The number of benzene rings is 2. The SMILES string of the molecule is CCN1c2cc(F)c(/C=N\NC(=O)CNc3ccc(C)c(C)c3)cc2C(C)=CC1(C)C. The molecule has 1 heterocycles. The van der Waals surface area contributed by atoms with Gasteiger partial charge in [0.2, 0.25) is 0 Å². The minimum Gasteiger partial charge on any atom is -0.376 e. The van der Waals surface area contributed by atoms with E-state index < -0.39 is 0 Å². The Kier molecular flexibility index (Phi) is 6.48. The van der Waals surface area contributed by atoms with Crippen LogP contribution in [0.25, 0.3) is 5.57 Å². The van der Waals surface area contributed by atoms with Crippen LogP contribution in [0.5, 0.6) is 0 Å². The monoisotopic (exact) mass is 422 g/mol. The zero-order valence-electron chi connectivity index (χ0n) is 19.1. The zero-order valence-corrected chi connectivity index (χ0v) is 19.1. The van der Waals surface area contributed by atoms with Gasteiger partial charge in [-0.1, -0.05) is 12.1 Å². The van der Waals surface area contributed by atoms with Gasteiger partial charge in [0.15, 0.2) is 0 Å². The Morgan fingerprint density at radius 2 is 1.90 bits per heavy atom. The highest BCUT2D eigenvalue weighted by molar-refractivity contribution is 5.89. The van der Waals surface area contributed by atoms with Crippen LogP contribution < -0.4 is 15.6 Å². The van der Waals surface area contributed by atoms with Gasteiger partial charge >= 0.3 is 0 Å². The summed E-state index contributed by atoms with van der Waals surface area (Å²) >= 11 is 0. The van der Waals surface area contributed by atoms with Gasteiger partial charge < -0.3 is 10.2 Å². The number of allylic oxidation sites excluding steroid dienone is 1. The number of anilines is 2. The van der Waals surface area contributed by atoms with E-state index in [0.29, 0.717) is 5.56 Å². The van der Waals surface area contributed by atoms with Crippen molar-refractivity contribution in [3.8, 4) is 0 Å². The first-order valence-electron chi connectivity index (χ1n) is 10.6. The number of nitrogens with zero attached hydrogens (tertiary/aromatic N) is 2. The molecule has 2 aromatic rings. The highest BCUT2D eigenvalue weighted by Crippen LogP contribution is 2.39. The van der Waals surface area contributed by atoms with Crippen molar-refractivity contribution in [1.29, 1.82) is 0 Å². The smallest absolute Gasteiger partial charge is 0.259 e. The van der Waals surface area contributed by atoms with E-state index in [1.807, 2.05) is 39.0 Å². The molecule has 0 unspecified atom stereocenters. The van der Waals surface area contributed by atoms with Gasteiger partial charge in [0.05, 0.1) is 18.3 Å². The molecule has 0 aliphatic carbocycles. The lowest BCUT2D eigenvalue weighted by molar-refractivity contribution is -0.119. The molecule has 2 aromatic carbocycles. The quantitative estimate of drug-likeness (QED) is 0.507. The normalized spacial score (nSPS) is 14.9. The van der Waals surface area contributed by atoms with Gasteiger partial charge in [-0.25, -0.2) is 9.82 Å². The fourth-order valence-electron chi connectivity index (χ4n) is 4.04. The van der Waals surface area contributed by atoms with Crippen LogP contribution >= 0.6 is 0 Å². The summed E-state index contributed by atoms with van der Waals surface area (Å²) in [6.07, 6.45) is 3.55. The van der Waals surface area contributed by atoms with Crippen molar-refractivity contribution in [2.24, 2.45) is 5.10 Å². The first-order valence-corrected chi connectivity index (χ1v) is 10.6. The van der Waals surface area contributed by atoms with Crippen molar-refractivity contribution in [3.05, 3.63) is 64.5 Å². The van der Waals surface area contributed by atoms with E-state index in [9.17, 15) is 9.18 Å². The van der Waals surface area contributed by atoms with E-state index in [2.05, 4.69) is 47.6 Å². The maximum atomic E-state index is 14.8. The fourth-order valence-corrected chi connectivity index (χ4v) is 4.04. The summed E-state index contributed by atoms with van der Waals surface area (Å²) in [6, 6.07) is 9.27. The third-order valence-corrected chi connectivity index (χ3v) is 5.77. The Labute approximate surface area is 184 Å². The van der Waals surface area contributed by atoms with Crippen LogP contribution in [0.3, 0.4) is 0 Å². The van der Waals surface area contributed by atoms with Gasteiger partial charge in [-0.15, -0.1) is 0 Å². The van der Waals surface area contributed by atoms with Gasteiger partial charge in [-0.2, -0.15) is 5.10 Å². The van der Waals surface area contributed by atoms with Crippen LogP contribution in [0, 0.1) is 19.7 Å². The summed E-state index contributed by atoms with van der Waals surface area (Å²) in [7, 11) is 0. The molecule has 1 aliphatic heterocycles. The summed E-state index contributed by atoms with van der Waals surface area (Å²) in [5.74, 6) is -0.670. The molecule has 0 fully saturated rings. The number of hydrogen-bond acceptors (Lipinski definition) is 4. The Bertz CT molecular complexity index is 1060. The molecule has 0 atom stereocenters. The number of carbonyl (C=O) groups excluding carboxylic acids is 1. The van der Waals surface area contributed by atoms with E-state index in [1.54, 1.807) is 12.1 Å². The van der Waals surface area contributed by atoms with E-state index in [0.717, 1.165) is 34.6 Å². The van der Waals surface area contributed by atoms with Crippen LogP contribution in [0.4, 0.5) is 15.8 Å². The van der Waals surface area contributed by atoms with Gasteiger partial charge in [0.1, 0.15) is 5.82 Å². The average Bonchev–Trinajstić information content (AvgIpc) is 2.69. The van der Waals surface area contributed by atoms with Crippen LogP contribution in [-0.2, 0) is 4.79 Å². The van der Waals surface area contributed by atoms with Crippen molar-refractivity contribution in [1.82, 2.24) is 5.43 Å². The number of rotatable bonds is 6. The molecule has 31 heavy (non-hydrogen) atoms. The molecule has 0 spiro atoms. The number of amides is 1. The lowest BCUT2D eigenvalue weighted by Gasteiger charge is -2.42. The lowest BCUT2D eigenvalue weighted by Crippen LogP contribution is -2.45. The predicted molar refractivity (Wildman–Crippen MR) is 127 cm³/mol. The second-order valence-electron chi connectivity index (χ2n) is 8.56. The third kappa shape index (κ3) is 4.95. The van der Waals surface area contributed by atoms with Gasteiger partial charge in [-0.3, -0.25) is 4.79 Å². The second kappa shape index (κ2) is 8.92. The number of carbonyl (C=O) groups is 1. The molecular formula is C25H31FN4O. The molecule has 0 saturated heterocycles. The zero-order chi connectivity index (χ0) is 22.8. The first kappa shape index (κ1) is 22.5. The molecule has 0 radical (unpaired) electrons. The van der Waals surface area contributed by atoms with Crippen LogP contribution in [0.2, 0.25) is 0 Å². The number of fused-ring (bicyclic) bond motifs is 1. The molecular weight excluding hydrogens is 391 g/mol. The van der Waals surface area contributed by atoms with Gasteiger partial charge in [0, 0.05) is 29.0 Å². The molecule has 1 amide bonds. The highest BCUT2D eigenvalue weighted by atomic mass is 19.1. The minimum absolute atomic E-state index is 0.0783. The van der Waals surface area contributed by atoms with Crippen molar-refractivity contribution < 1.29 is 9.18 Å². The average molecular weight is 423 g/mol. The highest BCUT2D eigenvalue weighted by Gasteiger charge is 2.30. The molecule has 0 aromatic heterocycles. The predicted octanol–water partition coefficient (Wildman–Crippen LogP) is 5.03. The van der Waals surface area contributed by atoms with Crippen LogP contribution in [0.15, 0.2) is 41.5 Å². The minimum atomic E-state index is -0.367. The maximum absolute atomic E-state index is 14.8. The Balaban J connectivity index is 1.68. The molecule has 0 bridgehead atoms. The number of hydrogen-bond donors (Lipinski definition) is 2. The summed E-state index contributed by atoms with van der Waals surface area (Å²) < 4.78 is 14.8. The molecule has 0 saturated carbocycles. The fraction of sp³-hybridized carbons (Fsp3) is 0.360. The molecule has 5 nitrogen and oxygen atoms in total. The standard InChI is InChI=1S/C25H31FN4O/c1-7-30-23-12-22(26)19(11-21(23)18(4)13-25(30,5)6)14-28-29-24(31)15-27-20-9-8-16(2)17(3)10-20/h8-14,27H,7,15H2,1-6H3,(H,29,31)/b28-14-. The van der Waals surface area contributed by atoms with E-state index in [4.69, 9.17) is 0 Å². The third-order valence-electron chi connectivity index (χ3n) is 5.77.